The minimum Gasteiger partial charge on any atom is -0.438 e. The second kappa shape index (κ2) is 8.31. The predicted molar refractivity (Wildman–Crippen MR) is 104 cm³/mol. The van der Waals surface area contributed by atoms with Crippen LogP contribution in [0.25, 0.3) is 11.0 Å². The molecule has 0 radical (unpaired) electrons. The number of hydrogen-bond acceptors (Lipinski definition) is 4. The quantitative estimate of drug-likeness (QED) is 0.678. The molecule has 0 saturated carbocycles. The van der Waals surface area contributed by atoms with Gasteiger partial charge in [-0.2, -0.15) is 0 Å². The second-order valence-corrected chi connectivity index (χ2v) is 7.17. The van der Waals surface area contributed by atoms with Gasteiger partial charge in [0.15, 0.2) is 0 Å². The summed E-state index contributed by atoms with van der Waals surface area (Å²) in [5, 5.41) is 3.89. The van der Waals surface area contributed by atoms with E-state index in [0.717, 1.165) is 31.0 Å². The van der Waals surface area contributed by atoms with E-state index in [1.807, 2.05) is 0 Å². The molecule has 0 aliphatic carbocycles. The van der Waals surface area contributed by atoms with Gasteiger partial charge in [0.25, 0.3) is 5.91 Å². The summed E-state index contributed by atoms with van der Waals surface area (Å²) in [4.78, 5) is 17.0. The molecule has 8 heteroatoms. The van der Waals surface area contributed by atoms with Crippen LogP contribution in [-0.4, -0.2) is 25.2 Å². The lowest BCUT2D eigenvalue weighted by Gasteiger charge is -2.11. The van der Waals surface area contributed by atoms with Gasteiger partial charge in [-0.15, -0.1) is 0 Å². The van der Waals surface area contributed by atoms with Gasteiger partial charge in [-0.05, 0) is 49.2 Å². The van der Waals surface area contributed by atoms with Crippen LogP contribution < -0.4 is 10.9 Å². The Labute approximate surface area is 170 Å². The van der Waals surface area contributed by atoms with Crippen LogP contribution >= 0.6 is 11.6 Å². The zero-order valence-electron chi connectivity index (χ0n) is 15.3. The lowest BCUT2D eigenvalue weighted by molar-refractivity contribution is 0.0854. The molecule has 150 valence electrons. The first-order valence-corrected chi connectivity index (χ1v) is 9.50. The third-order valence-corrected chi connectivity index (χ3v) is 4.78. The Balaban J connectivity index is 1.77. The molecule has 2 heterocycles. The predicted octanol–water partition coefficient (Wildman–Crippen LogP) is 4.51. The van der Waals surface area contributed by atoms with Crippen molar-refractivity contribution in [1.29, 1.82) is 0 Å². The summed E-state index contributed by atoms with van der Waals surface area (Å²) in [6, 6.07) is 9.37. The maximum absolute atomic E-state index is 13.5. The highest BCUT2D eigenvalue weighted by atomic mass is 35.5. The van der Waals surface area contributed by atoms with E-state index in [9.17, 15) is 13.6 Å². The summed E-state index contributed by atoms with van der Waals surface area (Å²) in [5.74, 6) is -1.98. The Hall–Kier alpha value is -2.77. The normalized spacial score (nSPS) is 17.1. The summed E-state index contributed by atoms with van der Waals surface area (Å²) in [6.07, 6.45) is 1.79. The zero-order chi connectivity index (χ0) is 20.4. The van der Waals surface area contributed by atoms with Crippen molar-refractivity contribution in [1.82, 2.24) is 5.32 Å². The fourth-order valence-electron chi connectivity index (χ4n) is 3.18. The van der Waals surface area contributed by atoms with E-state index in [4.69, 9.17) is 20.8 Å². The Kier molecular flexibility index (Phi) is 5.60. The smallest absolute Gasteiger partial charge is 0.256 e. The van der Waals surface area contributed by atoms with Crippen LogP contribution in [0.1, 0.15) is 23.2 Å². The first-order chi connectivity index (χ1) is 14.0. The molecule has 2 aromatic carbocycles. The van der Waals surface area contributed by atoms with Crippen LogP contribution in [0.4, 0.5) is 14.5 Å². The molecule has 1 aliphatic heterocycles. The summed E-state index contributed by atoms with van der Waals surface area (Å²) in [6.45, 7) is 1.02. The van der Waals surface area contributed by atoms with Crippen LogP contribution in [-0.2, 0) is 4.74 Å². The molecule has 1 aliphatic rings. The largest absolute Gasteiger partial charge is 0.438 e. The molecule has 1 saturated heterocycles. The fraction of sp³-hybridized carbons (Fsp3) is 0.238. The van der Waals surface area contributed by atoms with Crippen LogP contribution in [0.2, 0.25) is 5.02 Å². The van der Waals surface area contributed by atoms with Gasteiger partial charge >= 0.3 is 0 Å². The van der Waals surface area contributed by atoms with Crippen molar-refractivity contribution < 1.29 is 22.7 Å². The molecule has 1 N–H and O–H groups in total. The van der Waals surface area contributed by atoms with E-state index in [1.54, 1.807) is 24.3 Å². The third kappa shape index (κ3) is 4.63. The highest BCUT2D eigenvalue weighted by Crippen LogP contribution is 2.21. The lowest BCUT2D eigenvalue weighted by atomic mass is 10.1. The van der Waals surface area contributed by atoms with Crippen LogP contribution in [0.15, 0.2) is 51.9 Å². The molecule has 29 heavy (non-hydrogen) atoms. The number of nitrogens with one attached hydrogen (secondary N) is 1. The van der Waals surface area contributed by atoms with E-state index < -0.39 is 17.5 Å². The van der Waals surface area contributed by atoms with Gasteiger partial charge in [0, 0.05) is 29.6 Å². The molecule has 1 atom stereocenters. The summed E-state index contributed by atoms with van der Waals surface area (Å²) in [7, 11) is 0. The number of halogens is 3. The van der Waals surface area contributed by atoms with Crippen molar-refractivity contribution in [3.63, 3.8) is 0 Å². The molecular formula is C21H17ClF2N2O3. The van der Waals surface area contributed by atoms with Crippen molar-refractivity contribution in [2.24, 2.45) is 4.99 Å². The van der Waals surface area contributed by atoms with E-state index in [-0.39, 0.29) is 22.9 Å². The van der Waals surface area contributed by atoms with Crippen molar-refractivity contribution in [2.75, 3.05) is 13.2 Å². The monoisotopic (exact) mass is 418 g/mol. The van der Waals surface area contributed by atoms with E-state index >= 15 is 0 Å². The first-order valence-electron chi connectivity index (χ1n) is 9.12. The number of fused-ring (bicyclic) bond motifs is 1. The minimum absolute atomic E-state index is 0.00672. The maximum Gasteiger partial charge on any atom is 0.256 e. The van der Waals surface area contributed by atoms with Gasteiger partial charge in [0.05, 0.1) is 11.8 Å². The average molecular weight is 419 g/mol. The average Bonchev–Trinajstić information content (AvgIpc) is 3.18. The van der Waals surface area contributed by atoms with E-state index in [1.165, 1.54) is 0 Å². The number of carbonyl (C=O) groups is 1. The topological polar surface area (TPSA) is 63.8 Å². The number of hydrogen-bond donors (Lipinski definition) is 1. The zero-order valence-corrected chi connectivity index (χ0v) is 16.0. The van der Waals surface area contributed by atoms with Gasteiger partial charge in [-0.1, -0.05) is 11.6 Å². The highest BCUT2D eigenvalue weighted by Gasteiger charge is 2.18. The van der Waals surface area contributed by atoms with Crippen LogP contribution in [0, 0.1) is 11.6 Å². The molecule has 1 unspecified atom stereocenters. The van der Waals surface area contributed by atoms with Crippen LogP contribution in [0.3, 0.4) is 0 Å². The number of amides is 1. The van der Waals surface area contributed by atoms with E-state index in [0.29, 0.717) is 29.1 Å². The van der Waals surface area contributed by atoms with Crippen LogP contribution in [0.5, 0.6) is 0 Å². The summed E-state index contributed by atoms with van der Waals surface area (Å²) in [5.41, 5.74) is 0.491. The molecule has 0 bridgehead atoms. The number of nitrogens with zero attached hydrogens (tertiary/aromatic N) is 1. The summed E-state index contributed by atoms with van der Waals surface area (Å²) < 4.78 is 38.4. The number of benzene rings is 2. The molecule has 5 nitrogen and oxygen atoms in total. The molecule has 0 spiro atoms. The number of carbonyl (C=O) groups excluding carboxylic acids is 1. The van der Waals surface area contributed by atoms with E-state index in [2.05, 4.69) is 10.3 Å². The Morgan fingerprint density at radius 2 is 1.97 bits per heavy atom. The lowest BCUT2D eigenvalue weighted by Crippen LogP contribution is -2.34. The van der Waals surface area contributed by atoms with Gasteiger partial charge in [0.2, 0.25) is 5.55 Å². The van der Waals surface area contributed by atoms with Gasteiger partial charge < -0.3 is 14.5 Å². The number of ether oxygens (including phenoxy) is 1. The standard InChI is InChI=1S/C21H17ClF2N2O3/c22-13-3-4-19-12(6-13)7-18(20(27)25-11-17-2-1-5-28-17)21(29-19)26-16-9-14(23)8-15(24)10-16/h3-4,6-10,17H,1-2,5,11H2,(H,25,27). The summed E-state index contributed by atoms with van der Waals surface area (Å²) >= 11 is 6.04. The van der Waals surface area contributed by atoms with Gasteiger partial charge in [0.1, 0.15) is 22.8 Å². The molecule has 1 fully saturated rings. The van der Waals surface area contributed by atoms with Crippen molar-refractivity contribution >= 4 is 34.2 Å². The maximum atomic E-state index is 13.5. The SMILES string of the molecule is O=C(NCC1CCCO1)c1cc2cc(Cl)ccc2oc1=Nc1cc(F)cc(F)c1. The molecule has 3 aromatic rings. The van der Waals surface area contributed by atoms with Crippen molar-refractivity contribution in [2.45, 2.75) is 18.9 Å². The Bertz CT molecular complexity index is 1120. The van der Waals surface area contributed by atoms with Gasteiger partial charge in [-0.3, -0.25) is 4.79 Å². The minimum atomic E-state index is -0.777. The van der Waals surface area contributed by atoms with Gasteiger partial charge in [-0.25, -0.2) is 13.8 Å². The fourth-order valence-corrected chi connectivity index (χ4v) is 3.36. The molecule has 1 aromatic heterocycles. The molecule has 1 amide bonds. The third-order valence-electron chi connectivity index (χ3n) is 4.55. The van der Waals surface area contributed by atoms with Crippen molar-refractivity contribution in [3.8, 4) is 0 Å². The molecular weight excluding hydrogens is 402 g/mol. The molecule has 4 rings (SSSR count). The van der Waals surface area contributed by atoms with Crippen molar-refractivity contribution in [3.05, 3.63) is 70.2 Å². The Morgan fingerprint density at radius 3 is 2.69 bits per heavy atom. The second-order valence-electron chi connectivity index (χ2n) is 6.73. The Morgan fingerprint density at radius 1 is 1.17 bits per heavy atom. The first kappa shape index (κ1) is 19.5. The highest BCUT2D eigenvalue weighted by molar-refractivity contribution is 6.31. The number of rotatable bonds is 4.